The number of hydrogen-bond acceptors (Lipinski definition) is 6. The molecule has 0 aliphatic heterocycles. The van der Waals surface area contributed by atoms with Crippen LogP contribution in [0.25, 0.3) is 6.08 Å². The fourth-order valence-electron chi connectivity index (χ4n) is 2.35. The van der Waals surface area contributed by atoms with Crippen molar-refractivity contribution in [3.63, 3.8) is 0 Å². The number of aliphatic carboxylic acids is 1. The zero-order chi connectivity index (χ0) is 19.9. The number of nitrogens with one attached hydrogen (secondary N) is 1. The smallest absolute Gasteiger partial charge is 0.213 e. The quantitative estimate of drug-likeness (QED) is 0.448. The molecule has 6 nitrogen and oxygen atoms in total. The van der Waals surface area contributed by atoms with Crippen LogP contribution in [0.4, 0.5) is 0 Å². The molecule has 0 saturated heterocycles. The van der Waals surface area contributed by atoms with E-state index in [1.807, 2.05) is 31.2 Å². The number of carboxylic acid groups (broad SMARTS) is 1. The fraction of sp³-hybridized carbons (Fsp3) is 0.150. The molecule has 1 N–H and O–H groups in total. The lowest BCUT2D eigenvalue weighted by Crippen LogP contribution is -2.23. The molecular formula is C20H17ClN3O3S-. The van der Waals surface area contributed by atoms with E-state index >= 15 is 0 Å². The topological polar surface area (TPSA) is 90.9 Å². The van der Waals surface area contributed by atoms with Crippen molar-refractivity contribution in [1.29, 1.82) is 0 Å². The summed E-state index contributed by atoms with van der Waals surface area (Å²) in [7, 11) is 0. The molecule has 0 saturated carbocycles. The number of aromatic nitrogens is 3. The lowest BCUT2D eigenvalue weighted by atomic mass is 10.2. The number of para-hydroxylation sites is 1. The molecule has 0 radical (unpaired) electrons. The Bertz CT molecular complexity index is 1000. The van der Waals surface area contributed by atoms with Crippen LogP contribution >= 0.6 is 23.4 Å². The predicted octanol–water partition coefficient (Wildman–Crippen LogP) is 3.48. The standard InChI is InChI=1S/C20H18ClN3O3S/c1-2-18-22-20(24-23-18)28-17(19(25)26)11-13-7-4-6-10-16(13)27-12-14-8-3-5-9-15(14)21/h3-11H,2,12H2,1H3,(H,25,26)(H,22,23,24)/p-1/b17-11+. The third kappa shape index (κ3) is 5.15. The summed E-state index contributed by atoms with van der Waals surface area (Å²) < 4.78 is 5.87. The first kappa shape index (κ1) is 20.0. The molecule has 3 aromatic rings. The first-order valence-corrected chi connectivity index (χ1v) is 9.73. The number of carboxylic acids is 1. The van der Waals surface area contributed by atoms with Crippen molar-refractivity contribution in [2.45, 2.75) is 25.1 Å². The van der Waals surface area contributed by atoms with E-state index in [0.29, 0.717) is 33.7 Å². The second kappa shape index (κ2) is 9.43. The Balaban J connectivity index is 1.82. The lowest BCUT2D eigenvalue weighted by molar-refractivity contribution is -0.297. The second-order valence-electron chi connectivity index (χ2n) is 5.73. The third-order valence-corrected chi connectivity index (χ3v) is 5.03. The molecule has 1 aromatic heterocycles. The first-order chi connectivity index (χ1) is 13.6. The highest BCUT2D eigenvalue weighted by Crippen LogP contribution is 2.29. The molecule has 0 aliphatic carbocycles. The number of nitrogens with zero attached hydrogens (tertiary/aromatic N) is 2. The molecule has 0 amide bonds. The number of carbonyl (C=O) groups is 1. The van der Waals surface area contributed by atoms with Crippen molar-refractivity contribution in [2.24, 2.45) is 0 Å². The van der Waals surface area contributed by atoms with E-state index in [0.717, 1.165) is 17.3 Å². The molecular weight excluding hydrogens is 398 g/mol. The van der Waals surface area contributed by atoms with Crippen molar-refractivity contribution in [2.75, 3.05) is 0 Å². The van der Waals surface area contributed by atoms with E-state index in [4.69, 9.17) is 16.3 Å². The van der Waals surface area contributed by atoms with Gasteiger partial charge in [0, 0.05) is 27.5 Å². The predicted molar refractivity (Wildman–Crippen MR) is 107 cm³/mol. The van der Waals surface area contributed by atoms with Crippen molar-refractivity contribution in [1.82, 2.24) is 15.2 Å². The summed E-state index contributed by atoms with van der Waals surface area (Å²) in [6.45, 7) is 2.19. The van der Waals surface area contributed by atoms with E-state index in [1.165, 1.54) is 6.08 Å². The molecule has 0 unspecified atom stereocenters. The Morgan fingerprint density at radius 1 is 1.25 bits per heavy atom. The van der Waals surface area contributed by atoms with Crippen LogP contribution in [0.2, 0.25) is 5.02 Å². The van der Waals surface area contributed by atoms with E-state index in [2.05, 4.69) is 15.2 Å². The Labute approximate surface area is 171 Å². The summed E-state index contributed by atoms with van der Waals surface area (Å²) in [5.74, 6) is -0.0940. The van der Waals surface area contributed by atoms with Gasteiger partial charge in [-0.2, -0.15) is 0 Å². The molecule has 0 atom stereocenters. The minimum atomic E-state index is -1.31. The number of halogens is 1. The number of rotatable bonds is 8. The molecule has 3 rings (SSSR count). The van der Waals surface area contributed by atoms with Gasteiger partial charge >= 0.3 is 0 Å². The number of carbonyl (C=O) groups excluding carboxylic acids is 1. The maximum atomic E-state index is 11.6. The Hall–Kier alpha value is -2.77. The van der Waals surface area contributed by atoms with Crippen LogP contribution in [0.5, 0.6) is 5.75 Å². The van der Waals surface area contributed by atoms with E-state index < -0.39 is 5.97 Å². The summed E-state index contributed by atoms with van der Waals surface area (Å²) in [5, 5.41) is 19.3. The molecule has 0 fully saturated rings. The summed E-state index contributed by atoms with van der Waals surface area (Å²) in [6.07, 6.45) is 2.17. The molecule has 2 aromatic carbocycles. The molecule has 28 heavy (non-hydrogen) atoms. The SMILES string of the molecule is CCc1nc(S/C(=C/c2ccccc2OCc2ccccc2Cl)C(=O)[O-])n[nH]1. The largest absolute Gasteiger partial charge is 0.544 e. The van der Waals surface area contributed by atoms with Crippen molar-refractivity contribution in [3.05, 3.63) is 75.4 Å². The van der Waals surface area contributed by atoms with Gasteiger partial charge in [0.25, 0.3) is 0 Å². The average Bonchev–Trinajstić information content (AvgIpc) is 3.15. The van der Waals surface area contributed by atoms with Crippen LogP contribution in [0, 0.1) is 0 Å². The van der Waals surface area contributed by atoms with Gasteiger partial charge in [-0.1, -0.05) is 54.9 Å². The number of aryl methyl sites for hydroxylation is 1. The van der Waals surface area contributed by atoms with Crippen LogP contribution in [-0.2, 0) is 17.8 Å². The molecule has 144 valence electrons. The number of thioether (sulfide) groups is 1. The summed E-state index contributed by atoms with van der Waals surface area (Å²) >= 11 is 7.08. The van der Waals surface area contributed by atoms with Gasteiger partial charge < -0.3 is 14.6 Å². The lowest BCUT2D eigenvalue weighted by Gasteiger charge is -2.12. The summed E-state index contributed by atoms with van der Waals surface area (Å²) in [6, 6.07) is 14.5. The number of benzene rings is 2. The van der Waals surface area contributed by atoms with Crippen LogP contribution in [0.15, 0.2) is 58.6 Å². The van der Waals surface area contributed by atoms with Gasteiger partial charge in [0.05, 0.1) is 5.97 Å². The zero-order valence-corrected chi connectivity index (χ0v) is 16.6. The first-order valence-electron chi connectivity index (χ1n) is 8.54. The van der Waals surface area contributed by atoms with E-state index in [-0.39, 0.29) is 11.5 Å². The molecule has 0 aliphatic rings. The van der Waals surface area contributed by atoms with E-state index in [9.17, 15) is 9.90 Å². The van der Waals surface area contributed by atoms with Crippen molar-refractivity contribution in [3.8, 4) is 5.75 Å². The van der Waals surface area contributed by atoms with Gasteiger partial charge in [0.1, 0.15) is 18.2 Å². The normalized spacial score (nSPS) is 11.4. The zero-order valence-electron chi connectivity index (χ0n) is 15.0. The van der Waals surface area contributed by atoms with Gasteiger partial charge in [-0.15, -0.1) is 5.10 Å². The number of ether oxygens (including phenoxy) is 1. The summed E-state index contributed by atoms with van der Waals surface area (Å²) in [4.78, 5) is 15.8. The monoisotopic (exact) mass is 414 g/mol. The minimum absolute atomic E-state index is 0.0181. The Morgan fingerprint density at radius 2 is 2.00 bits per heavy atom. The maximum Gasteiger partial charge on any atom is 0.213 e. The van der Waals surface area contributed by atoms with Crippen molar-refractivity contribution >= 4 is 35.4 Å². The van der Waals surface area contributed by atoms with Gasteiger partial charge in [0.15, 0.2) is 0 Å². The molecule has 8 heteroatoms. The van der Waals surface area contributed by atoms with Gasteiger partial charge in [-0.05, 0) is 30.0 Å². The highest BCUT2D eigenvalue weighted by Gasteiger charge is 2.10. The molecule has 1 heterocycles. The Morgan fingerprint density at radius 3 is 2.71 bits per heavy atom. The maximum absolute atomic E-state index is 11.6. The third-order valence-electron chi connectivity index (χ3n) is 3.80. The summed E-state index contributed by atoms with van der Waals surface area (Å²) in [5.41, 5.74) is 1.44. The highest BCUT2D eigenvalue weighted by atomic mass is 35.5. The second-order valence-corrected chi connectivity index (χ2v) is 7.15. The molecule has 0 bridgehead atoms. The van der Waals surface area contributed by atoms with Crippen molar-refractivity contribution < 1.29 is 14.6 Å². The average molecular weight is 415 g/mol. The van der Waals surface area contributed by atoms with Gasteiger partial charge in [-0.3, -0.25) is 5.10 Å². The van der Waals surface area contributed by atoms with Crippen LogP contribution in [-0.4, -0.2) is 21.2 Å². The fourth-order valence-corrected chi connectivity index (χ4v) is 3.26. The van der Waals surface area contributed by atoms with Crippen LogP contribution in [0.1, 0.15) is 23.9 Å². The minimum Gasteiger partial charge on any atom is -0.544 e. The number of aromatic amines is 1. The van der Waals surface area contributed by atoms with Gasteiger partial charge in [0.2, 0.25) is 5.16 Å². The van der Waals surface area contributed by atoms with E-state index in [1.54, 1.807) is 24.3 Å². The molecule has 0 spiro atoms. The van der Waals surface area contributed by atoms with Crippen LogP contribution in [0.3, 0.4) is 0 Å². The highest BCUT2D eigenvalue weighted by molar-refractivity contribution is 8.04. The number of H-pyrrole nitrogens is 1. The van der Waals surface area contributed by atoms with Gasteiger partial charge in [-0.25, -0.2) is 4.98 Å². The Kier molecular flexibility index (Phi) is 6.73. The number of hydrogen-bond donors (Lipinski definition) is 1. The van der Waals surface area contributed by atoms with Crippen LogP contribution < -0.4 is 9.84 Å².